The molecule has 0 saturated carbocycles. The SMILES string of the molecule is O=C1CC(=O)N(c2ncc(Cl)cn2)C1. The lowest BCUT2D eigenvalue weighted by Gasteiger charge is -2.10. The van der Waals surface area contributed by atoms with Crippen LogP contribution in [0.15, 0.2) is 12.4 Å². The molecular formula is C8H6ClN3O2. The van der Waals surface area contributed by atoms with Gasteiger partial charge in [-0.15, -0.1) is 0 Å². The lowest BCUT2D eigenvalue weighted by molar-refractivity contribution is -0.121. The zero-order valence-corrected chi connectivity index (χ0v) is 7.86. The molecule has 1 aromatic rings. The normalized spacial score (nSPS) is 16.5. The Bertz CT molecular complexity index is 390. The number of Topliss-reactive ketones (excluding diaryl/α,β-unsaturated/α-hetero) is 1. The van der Waals surface area contributed by atoms with E-state index >= 15 is 0 Å². The van der Waals surface area contributed by atoms with Gasteiger partial charge in [-0.25, -0.2) is 9.97 Å². The number of carbonyl (C=O) groups excluding carboxylic acids is 2. The average Bonchev–Trinajstić information content (AvgIpc) is 2.47. The predicted molar refractivity (Wildman–Crippen MR) is 49.0 cm³/mol. The van der Waals surface area contributed by atoms with Crippen molar-refractivity contribution >= 4 is 29.2 Å². The maximum absolute atomic E-state index is 11.3. The number of aromatic nitrogens is 2. The van der Waals surface area contributed by atoms with Gasteiger partial charge in [-0.1, -0.05) is 11.6 Å². The summed E-state index contributed by atoms with van der Waals surface area (Å²) in [4.78, 5) is 31.2. The molecule has 2 rings (SSSR count). The third-order valence-electron chi connectivity index (χ3n) is 1.83. The number of nitrogens with zero attached hydrogens (tertiary/aromatic N) is 3. The van der Waals surface area contributed by atoms with Crippen molar-refractivity contribution in [2.24, 2.45) is 0 Å². The van der Waals surface area contributed by atoms with Crippen molar-refractivity contribution in [1.82, 2.24) is 9.97 Å². The Morgan fingerprint density at radius 2 is 1.93 bits per heavy atom. The summed E-state index contributed by atoms with van der Waals surface area (Å²) in [5.41, 5.74) is 0. The molecule has 2 heterocycles. The summed E-state index contributed by atoms with van der Waals surface area (Å²) >= 11 is 5.59. The molecule has 1 aliphatic heterocycles. The van der Waals surface area contributed by atoms with E-state index in [1.54, 1.807) is 0 Å². The molecule has 1 aromatic heterocycles. The van der Waals surface area contributed by atoms with E-state index in [-0.39, 0.29) is 30.6 Å². The van der Waals surface area contributed by atoms with Gasteiger partial charge in [-0.05, 0) is 0 Å². The number of carbonyl (C=O) groups is 2. The number of amides is 1. The first-order chi connectivity index (χ1) is 6.66. The molecular weight excluding hydrogens is 206 g/mol. The van der Waals surface area contributed by atoms with E-state index in [0.29, 0.717) is 5.02 Å². The average molecular weight is 212 g/mol. The molecule has 1 aliphatic rings. The minimum absolute atomic E-state index is 0.0560. The van der Waals surface area contributed by atoms with Gasteiger partial charge >= 0.3 is 0 Å². The van der Waals surface area contributed by atoms with Crippen LogP contribution < -0.4 is 4.90 Å². The van der Waals surface area contributed by atoms with Crippen LogP contribution in [0.4, 0.5) is 5.95 Å². The van der Waals surface area contributed by atoms with Crippen LogP contribution in [-0.4, -0.2) is 28.2 Å². The largest absolute Gasteiger partial charge is 0.297 e. The van der Waals surface area contributed by atoms with Gasteiger partial charge in [0.05, 0.1) is 30.4 Å². The van der Waals surface area contributed by atoms with E-state index in [0.717, 1.165) is 0 Å². The van der Waals surface area contributed by atoms with Crippen molar-refractivity contribution in [2.75, 3.05) is 11.4 Å². The van der Waals surface area contributed by atoms with Crippen molar-refractivity contribution in [1.29, 1.82) is 0 Å². The van der Waals surface area contributed by atoms with E-state index in [9.17, 15) is 9.59 Å². The quantitative estimate of drug-likeness (QED) is 0.633. The lowest BCUT2D eigenvalue weighted by atomic mass is 10.3. The van der Waals surface area contributed by atoms with Gasteiger partial charge in [0.15, 0.2) is 5.78 Å². The second-order valence-electron chi connectivity index (χ2n) is 2.90. The summed E-state index contributed by atoms with van der Waals surface area (Å²) in [7, 11) is 0. The minimum atomic E-state index is -0.266. The van der Waals surface area contributed by atoms with Gasteiger partial charge in [-0.3, -0.25) is 14.5 Å². The van der Waals surface area contributed by atoms with Crippen LogP contribution in [0, 0.1) is 0 Å². The fourth-order valence-electron chi connectivity index (χ4n) is 1.21. The molecule has 1 saturated heterocycles. The molecule has 5 nitrogen and oxygen atoms in total. The molecule has 72 valence electrons. The highest BCUT2D eigenvalue weighted by Crippen LogP contribution is 2.15. The highest BCUT2D eigenvalue weighted by molar-refractivity contribution is 6.30. The van der Waals surface area contributed by atoms with Crippen LogP contribution in [0.3, 0.4) is 0 Å². The first kappa shape index (κ1) is 9.08. The smallest absolute Gasteiger partial charge is 0.237 e. The van der Waals surface area contributed by atoms with E-state index in [1.807, 2.05) is 0 Å². The van der Waals surface area contributed by atoms with Crippen LogP contribution in [0.2, 0.25) is 5.02 Å². The molecule has 0 unspecified atom stereocenters. The maximum atomic E-state index is 11.3. The molecule has 0 aliphatic carbocycles. The van der Waals surface area contributed by atoms with Crippen LogP contribution in [-0.2, 0) is 9.59 Å². The zero-order valence-electron chi connectivity index (χ0n) is 7.11. The Kier molecular flexibility index (Phi) is 2.17. The number of ketones is 1. The molecule has 0 atom stereocenters. The molecule has 0 aromatic carbocycles. The van der Waals surface area contributed by atoms with Crippen LogP contribution in [0.25, 0.3) is 0 Å². The van der Waals surface area contributed by atoms with Crippen molar-refractivity contribution in [3.05, 3.63) is 17.4 Å². The summed E-state index contributed by atoms with van der Waals surface area (Å²) in [5, 5.41) is 0.395. The van der Waals surface area contributed by atoms with Crippen molar-refractivity contribution in [2.45, 2.75) is 6.42 Å². The molecule has 6 heteroatoms. The van der Waals surface area contributed by atoms with E-state index in [4.69, 9.17) is 11.6 Å². The standard InChI is InChI=1S/C8H6ClN3O2/c9-5-2-10-8(11-3-5)12-4-6(13)1-7(12)14/h2-3H,1,4H2. The number of anilines is 1. The number of halogens is 1. The van der Waals surface area contributed by atoms with Crippen molar-refractivity contribution < 1.29 is 9.59 Å². The Hall–Kier alpha value is -1.49. The monoisotopic (exact) mass is 211 g/mol. The fraction of sp³-hybridized carbons (Fsp3) is 0.250. The van der Waals surface area contributed by atoms with Gasteiger partial charge < -0.3 is 0 Å². The molecule has 14 heavy (non-hydrogen) atoms. The van der Waals surface area contributed by atoms with Crippen molar-refractivity contribution in [3.63, 3.8) is 0 Å². The first-order valence-electron chi connectivity index (χ1n) is 3.96. The van der Waals surface area contributed by atoms with Gasteiger partial charge in [0, 0.05) is 0 Å². The summed E-state index contributed by atoms with van der Waals surface area (Å²) in [6, 6.07) is 0. The lowest BCUT2D eigenvalue weighted by Crippen LogP contribution is -2.26. The number of rotatable bonds is 1. The maximum Gasteiger partial charge on any atom is 0.237 e. The van der Waals surface area contributed by atoms with Gasteiger partial charge in [-0.2, -0.15) is 0 Å². The Morgan fingerprint density at radius 3 is 2.43 bits per heavy atom. The van der Waals surface area contributed by atoms with Gasteiger partial charge in [0.2, 0.25) is 11.9 Å². The first-order valence-corrected chi connectivity index (χ1v) is 4.34. The molecule has 0 N–H and O–H groups in total. The molecule has 0 spiro atoms. The Balaban J connectivity index is 2.27. The zero-order chi connectivity index (χ0) is 10.1. The highest BCUT2D eigenvalue weighted by Gasteiger charge is 2.30. The predicted octanol–water partition coefficient (Wildman–Crippen LogP) is 0.436. The second-order valence-corrected chi connectivity index (χ2v) is 3.33. The molecule has 0 radical (unpaired) electrons. The second kappa shape index (κ2) is 3.34. The fourth-order valence-corrected chi connectivity index (χ4v) is 1.31. The molecule has 0 bridgehead atoms. The van der Waals surface area contributed by atoms with E-state index < -0.39 is 0 Å². The summed E-state index contributed by atoms with van der Waals surface area (Å²) in [6.45, 7) is 0.0560. The van der Waals surface area contributed by atoms with Crippen LogP contribution in [0.5, 0.6) is 0 Å². The minimum Gasteiger partial charge on any atom is -0.297 e. The highest BCUT2D eigenvalue weighted by atomic mass is 35.5. The van der Waals surface area contributed by atoms with Crippen LogP contribution >= 0.6 is 11.6 Å². The summed E-state index contributed by atoms with van der Waals surface area (Å²) in [5.74, 6) is -0.156. The summed E-state index contributed by atoms with van der Waals surface area (Å²) in [6.07, 6.45) is 2.71. The van der Waals surface area contributed by atoms with Crippen LogP contribution in [0.1, 0.15) is 6.42 Å². The van der Waals surface area contributed by atoms with E-state index in [1.165, 1.54) is 17.3 Å². The Labute approximate surface area is 84.7 Å². The van der Waals surface area contributed by atoms with Gasteiger partial charge in [0.25, 0.3) is 0 Å². The van der Waals surface area contributed by atoms with Gasteiger partial charge in [0.1, 0.15) is 0 Å². The number of hydrogen-bond donors (Lipinski definition) is 0. The topological polar surface area (TPSA) is 63.2 Å². The van der Waals surface area contributed by atoms with E-state index in [2.05, 4.69) is 9.97 Å². The molecule has 1 amide bonds. The third kappa shape index (κ3) is 1.58. The third-order valence-corrected chi connectivity index (χ3v) is 2.03. The van der Waals surface area contributed by atoms with Crippen molar-refractivity contribution in [3.8, 4) is 0 Å². The molecule has 1 fully saturated rings. The Morgan fingerprint density at radius 1 is 1.29 bits per heavy atom. The summed E-state index contributed by atoms with van der Waals surface area (Å²) < 4.78 is 0. The number of hydrogen-bond acceptors (Lipinski definition) is 4.